The molecule has 10 heteroatoms. The molecule has 0 amide bonds. The molecule has 2 atom stereocenters. The molecule has 0 aliphatic carbocycles. The Bertz CT molecular complexity index is 1270. The molecule has 0 aliphatic rings. The molecule has 0 saturated heterocycles. The van der Waals surface area contributed by atoms with E-state index in [4.69, 9.17) is 24.3 Å². The number of phosphoric ester groups is 1. The highest BCUT2D eigenvalue weighted by Gasteiger charge is 2.26. The van der Waals surface area contributed by atoms with Crippen LogP contribution >= 0.6 is 7.82 Å². The van der Waals surface area contributed by atoms with Gasteiger partial charge in [0, 0.05) is 19.4 Å². The molecule has 69 heavy (non-hydrogen) atoms. The molecule has 0 fully saturated rings. The van der Waals surface area contributed by atoms with Crippen LogP contribution in [0.15, 0.2) is 48.6 Å². The number of ether oxygens (including phenoxy) is 2. The summed E-state index contributed by atoms with van der Waals surface area (Å²) in [5.74, 6) is -0.823. The second-order valence-corrected chi connectivity index (χ2v) is 21.0. The molecule has 0 aromatic rings. The van der Waals surface area contributed by atoms with Crippen molar-refractivity contribution in [2.75, 3.05) is 26.4 Å². The first-order chi connectivity index (χ1) is 33.8. The zero-order valence-corrected chi connectivity index (χ0v) is 45.9. The summed E-state index contributed by atoms with van der Waals surface area (Å²) in [6.45, 7) is 3.75. The molecule has 0 aromatic heterocycles. The summed E-state index contributed by atoms with van der Waals surface area (Å²) in [7, 11) is -4.39. The van der Waals surface area contributed by atoms with Crippen LogP contribution in [0.5, 0.6) is 0 Å². The lowest BCUT2D eigenvalue weighted by molar-refractivity contribution is -0.161. The first-order valence-corrected chi connectivity index (χ1v) is 30.6. The molecule has 0 saturated carbocycles. The summed E-state index contributed by atoms with van der Waals surface area (Å²) in [5, 5.41) is 0. The Balaban J connectivity index is 3.96. The van der Waals surface area contributed by atoms with E-state index in [0.717, 1.165) is 51.4 Å². The molecule has 2 unspecified atom stereocenters. The minimum atomic E-state index is -4.39. The number of phosphoric acid groups is 1. The van der Waals surface area contributed by atoms with E-state index < -0.39 is 26.5 Å². The number of unbranched alkanes of at least 4 members (excludes halogenated alkanes) is 34. The molecule has 3 N–H and O–H groups in total. The summed E-state index contributed by atoms with van der Waals surface area (Å²) >= 11 is 0. The Labute approximate surface area is 426 Å². The van der Waals surface area contributed by atoms with Crippen LogP contribution in [0.4, 0.5) is 0 Å². The lowest BCUT2D eigenvalue weighted by Gasteiger charge is -2.19. The molecule has 0 aliphatic heterocycles. The average Bonchev–Trinajstić information content (AvgIpc) is 3.34. The molecule has 0 radical (unpaired) electrons. The van der Waals surface area contributed by atoms with E-state index in [2.05, 4.69) is 62.5 Å². The number of carbonyl (C=O) groups is 2. The number of hydrogen-bond donors (Lipinski definition) is 2. The van der Waals surface area contributed by atoms with Gasteiger partial charge in [-0.1, -0.05) is 242 Å². The quantitative estimate of drug-likeness (QED) is 0.0264. The Hall–Kier alpha value is -2.03. The fraction of sp³-hybridized carbons (Fsp3) is 0.831. The van der Waals surface area contributed by atoms with Gasteiger partial charge in [-0.3, -0.25) is 18.6 Å². The number of rotatable bonds is 55. The molecule has 404 valence electrons. The fourth-order valence-electron chi connectivity index (χ4n) is 8.35. The first-order valence-electron chi connectivity index (χ1n) is 29.1. The topological polar surface area (TPSA) is 134 Å². The summed E-state index contributed by atoms with van der Waals surface area (Å²) in [6.07, 6.45) is 67.3. The lowest BCUT2D eigenvalue weighted by atomic mass is 10.0. The van der Waals surface area contributed by atoms with Crippen molar-refractivity contribution < 1.29 is 37.6 Å². The third-order valence-electron chi connectivity index (χ3n) is 12.7. The number of allylic oxidation sites excluding steroid dienone is 8. The number of esters is 2. The van der Waals surface area contributed by atoms with Gasteiger partial charge < -0.3 is 20.1 Å². The van der Waals surface area contributed by atoms with Gasteiger partial charge >= 0.3 is 19.8 Å². The van der Waals surface area contributed by atoms with Crippen molar-refractivity contribution in [3.05, 3.63) is 48.6 Å². The second kappa shape index (κ2) is 55.3. The van der Waals surface area contributed by atoms with Gasteiger partial charge in [0.2, 0.25) is 0 Å². The van der Waals surface area contributed by atoms with Crippen molar-refractivity contribution >= 4 is 19.8 Å². The largest absolute Gasteiger partial charge is 0.472 e. The highest BCUT2D eigenvalue weighted by Crippen LogP contribution is 2.43. The van der Waals surface area contributed by atoms with Crippen molar-refractivity contribution in [2.24, 2.45) is 5.73 Å². The van der Waals surface area contributed by atoms with Gasteiger partial charge in [-0.2, -0.15) is 0 Å². The van der Waals surface area contributed by atoms with E-state index in [1.54, 1.807) is 0 Å². The Morgan fingerprint density at radius 2 is 0.754 bits per heavy atom. The summed E-state index contributed by atoms with van der Waals surface area (Å²) in [5.41, 5.74) is 5.38. The summed E-state index contributed by atoms with van der Waals surface area (Å²) < 4.78 is 33.0. The van der Waals surface area contributed by atoms with Crippen molar-refractivity contribution in [3.8, 4) is 0 Å². The minimum Gasteiger partial charge on any atom is -0.462 e. The predicted molar refractivity (Wildman–Crippen MR) is 293 cm³/mol. The highest BCUT2D eigenvalue weighted by atomic mass is 31.2. The van der Waals surface area contributed by atoms with Gasteiger partial charge in [0.1, 0.15) is 6.61 Å². The van der Waals surface area contributed by atoms with Gasteiger partial charge in [-0.25, -0.2) is 4.57 Å². The highest BCUT2D eigenvalue weighted by molar-refractivity contribution is 7.47. The van der Waals surface area contributed by atoms with Gasteiger partial charge in [-0.15, -0.1) is 0 Å². The predicted octanol–water partition coefficient (Wildman–Crippen LogP) is 18.2. The molecule has 0 heterocycles. The maximum Gasteiger partial charge on any atom is 0.472 e. The normalized spacial score (nSPS) is 13.4. The second-order valence-electron chi connectivity index (χ2n) is 19.5. The lowest BCUT2D eigenvalue weighted by Crippen LogP contribution is -2.29. The van der Waals surface area contributed by atoms with Crippen LogP contribution < -0.4 is 5.73 Å². The van der Waals surface area contributed by atoms with Gasteiger partial charge in [0.15, 0.2) is 6.10 Å². The fourth-order valence-corrected chi connectivity index (χ4v) is 9.11. The monoisotopic (exact) mass is 992 g/mol. The molecule has 0 rings (SSSR count). The van der Waals surface area contributed by atoms with Crippen LogP contribution in [0.3, 0.4) is 0 Å². The molecule has 0 aromatic carbocycles. The maximum absolute atomic E-state index is 12.7. The summed E-state index contributed by atoms with van der Waals surface area (Å²) in [6, 6.07) is 0. The first kappa shape index (κ1) is 67.0. The molecule has 0 bridgehead atoms. The van der Waals surface area contributed by atoms with Crippen LogP contribution in [-0.2, 0) is 32.7 Å². The van der Waals surface area contributed by atoms with E-state index >= 15 is 0 Å². The van der Waals surface area contributed by atoms with E-state index in [9.17, 15) is 19.0 Å². The molecular weight excluding hydrogens is 882 g/mol. The number of hydrogen-bond acceptors (Lipinski definition) is 8. The Kier molecular flexibility index (Phi) is 53.7. The van der Waals surface area contributed by atoms with Crippen molar-refractivity contribution in [1.29, 1.82) is 0 Å². The molecular formula is C59H110NO8P. The van der Waals surface area contributed by atoms with Crippen LogP contribution in [-0.4, -0.2) is 49.3 Å². The molecule has 9 nitrogen and oxygen atoms in total. The van der Waals surface area contributed by atoms with E-state index in [1.807, 2.05) is 0 Å². The minimum absolute atomic E-state index is 0.0527. The average molecular weight is 993 g/mol. The molecule has 0 spiro atoms. The van der Waals surface area contributed by atoms with E-state index in [0.29, 0.717) is 6.42 Å². The van der Waals surface area contributed by atoms with Crippen molar-refractivity contribution in [1.82, 2.24) is 0 Å². The van der Waals surface area contributed by atoms with Crippen molar-refractivity contribution in [3.63, 3.8) is 0 Å². The van der Waals surface area contributed by atoms with Gasteiger partial charge in [0.25, 0.3) is 0 Å². The van der Waals surface area contributed by atoms with Crippen molar-refractivity contribution in [2.45, 2.75) is 290 Å². The number of nitrogens with two attached hydrogens (primary N) is 1. The third-order valence-corrected chi connectivity index (χ3v) is 13.7. The van der Waals surface area contributed by atoms with Crippen LogP contribution in [0.1, 0.15) is 284 Å². The zero-order chi connectivity index (χ0) is 50.2. The van der Waals surface area contributed by atoms with Gasteiger partial charge in [-0.05, 0) is 77.0 Å². The SMILES string of the molecule is CCCCCCC/C=C\C/C=C\CCCCCCCCCCCCCCCCCC(=O)OC(COC(=O)CCCCCCCCCCC/C=C\C/C=C\CCCCCCC)COP(=O)(O)OCCN. The zero-order valence-electron chi connectivity index (χ0n) is 45.1. The maximum atomic E-state index is 12.7. The van der Waals surface area contributed by atoms with Gasteiger partial charge in [0.05, 0.1) is 13.2 Å². The van der Waals surface area contributed by atoms with Crippen LogP contribution in [0, 0.1) is 0 Å². The smallest absolute Gasteiger partial charge is 0.462 e. The summed E-state index contributed by atoms with van der Waals surface area (Å²) in [4.78, 5) is 35.2. The van der Waals surface area contributed by atoms with Crippen LogP contribution in [0.2, 0.25) is 0 Å². The van der Waals surface area contributed by atoms with Crippen LogP contribution in [0.25, 0.3) is 0 Å². The standard InChI is InChI=1S/C59H110NO8P/c1-3-5-7-9-11-13-15-17-19-21-23-25-26-27-28-29-30-32-34-36-38-40-42-44-46-48-50-52-59(62)68-57(56-67-69(63,64)66-54-53-60)55-65-58(61)51-49-47-45-43-41-39-37-35-33-31-24-22-20-18-16-14-12-10-8-6-4-2/h15-18,21-24,57H,3-14,19-20,25-56,60H2,1-2H3,(H,63,64)/b17-15-,18-16-,23-21-,24-22-. The Morgan fingerprint density at radius 3 is 1.10 bits per heavy atom. The van der Waals surface area contributed by atoms with E-state index in [-0.39, 0.29) is 38.6 Å². The van der Waals surface area contributed by atoms with E-state index in [1.165, 1.54) is 199 Å². The number of carbonyl (C=O) groups excluding carboxylic acids is 2. The Morgan fingerprint density at radius 1 is 0.435 bits per heavy atom. The third kappa shape index (κ3) is 55.1.